The lowest BCUT2D eigenvalue weighted by Crippen LogP contribution is -2.53. The van der Waals surface area contributed by atoms with Gasteiger partial charge < -0.3 is 9.47 Å². The van der Waals surface area contributed by atoms with E-state index in [1.54, 1.807) is 24.7 Å². The summed E-state index contributed by atoms with van der Waals surface area (Å²) < 4.78 is 11.9. The van der Waals surface area contributed by atoms with Crippen LogP contribution in [0, 0.1) is 0 Å². The zero-order valence-corrected chi connectivity index (χ0v) is 15.9. The summed E-state index contributed by atoms with van der Waals surface area (Å²) >= 11 is 0. The lowest BCUT2D eigenvalue weighted by Gasteiger charge is -2.32. The number of benzene rings is 1. The molecule has 1 aliphatic rings. The SMILES string of the molecule is CCOC(=O)NN(C(=O)OCC)[C@@H]1CC=C[C@H]1c1ccccc1-n1cccn1. The minimum Gasteiger partial charge on any atom is -0.449 e. The molecule has 0 aliphatic heterocycles. The first-order valence-electron chi connectivity index (χ1n) is 9.30. The molecular formula is C20H24N4O4. The standard InChI is InChI=1S/C20H24N4O4/c1-3-27-19(25)22-24(20(26)28-4-2)18-12-7-10-16(18)15-9-5-6-11-17(15)23-14-8-13-21-23/h5-11,13-14,16,18H,3-4,12H2,1-2H3,(H,22,25)/t16-,18+/m0/s1. The second-order valence-corrected chi connectivity index (χ2v) is 6.17. The maximum absolute atomic E-state index is 12.5. The summed E-state index contributed by atoms with van der Waals surface area (Å²) in [5.74, 6) is -0.147. The molecule has 1 aliphatic carbocycles. The summed E-state index contributed by atoms with van der Waals surface area (Å²) in [4.78, 5) is 24.5. The molecule has 0 bridgehead atoms. The zero-order chi connectivity index (χ0) is 19.9. The average molecular weight is 384 g/mol. The topological polar surface area (TPSA) is 85.7 Å². The highest BCUT2D eigenvalue weighted by Gasteiger charge is 2.36. The number of carbonyl (C=O) groups excluding carboxylic acids is 2. The number of hydrazine groups is 1. The molecule has 2 atom stereocenters. The van der Waals surface area contributed by atoms with E-state index in [1.807, 2.05) is 48.7 Å². The van der Waals surface area contributed by atoms with Gasteiger partial charge in [-0.15, -0.1) is 0 Å². The van der Waals surface area contributed by atoms with E-state index < -0.39 is 12.2 Å². The van der Waals surface area contributed by atoms with Crippen LogP contribution in [0.5, 0.6) is 0 Å². The molecule has 0 spiro atoms. The fourth-order valence-corrected chi connectivity index (χ4v) is 3.32. The van der Waals surface area contributed by atoms with Gasteiger partial charge in [-0.2, -0.15) is 5.10 Å². The van der Waals surface area contributed by atoms with E-state index in [9.17, 15) is 9.59 Å². The van der Waals surface area contributed by atoms with Crippen molar-refractivity contribution in [2.24, 2.45) is 0 Å². The lowest BCUT2D eigenvalue weighted by molar-refractivity contribution is 0.0541. The number of rotatable bonds is 5. The molecule has 0 saturated heterocycles. The molecule has 1 aromatic heterocycles. The highest BCUT2D eigenvalue weighted by atomic mass is 16.6. The van der Waals surface area contributed by atoms with E-state index >= 15 is 0 Å². The van der Waals surface area contributed by atoms with Gasteiger partial charge >= 0.3 is 12.2 Å². The fraction of sp³-hybridized carbons (Fsp3) is 0.350. The van der Waals surface area contributed by atoms with Crippen molar-refractivity contribution in [3.63, 3.8) is 0 Å². The number of carbonyl (C=O) groups is 2. The third-order valence-corrected chi connectivity index (χ3v) is 4.47. The average Bonchev–Trinajstić information content (AvgIpc) is 3.38. The molecule has 2 aromatic rings. The van der Waals surface area contributed by atoms with Gasteiger partial charge in [0.2, 0.25) is 0 Å². The van der Waals surface area contributed by atoms with Crippen LogP contribution < -0.4 is 5.43 Å². The van der Waals surface area contributed by atoms with Gasteiger partial charge in [0, 0.05) is 18.3 Å². The van der Waals surface area contributed by atoms with E-state index in [2.05, 4.69) is 10.5 Å². The third kappa shape index (κ3) is 4.16. The fourth-order valence-electron chi connectivity index (χ4n) is 3.32. The Morgan fingerprint density at radius 1 is 1.21 bits per heavy atom. The molecule has 28 heavy (non-hydrogen) atoms. The smallest absolute Gasteiger partial charge is 0.429 e. The Labute approximate surface area is 163 Å². The lowest BCUT2D eigenvalue weighted by atomic mass is 9.92. The molecule has 0 unspecified atom stereocenters. The summed E-state index contributed by atoms with van der Waals surface area (Å²) in [6.45, 7) is 3.83. The molecule has 1 aromatic carbocycles. The Morgan fingerprint density at radius 3 is 2.71 bits per heavy atom. The molecule has 3 rings (SSSR count). The Morgan fingerprint density at radius 2 is 2.00 bits per heavy atom. The van der Waals surface area contributed by atoms with Gasteiger partial charge in [0.15, 0.2) is 0 Å². The highest BCUT2D eigenvalue weighted by molar-refractivity contribution is 5.74. The van der Waals surface area contributed by atoms with Crippen molar-refractivity contribution in [2.75, 3.05) is 13.2 Å². The number of aromatic nitrogens is 2. The van der Waals surface area contributed by atoms with Crippen LogP contribution in [-0.2, 0) is 9.47 Å². The van der Waals surface area contributed by atoms with Crippen LogP contribution in [0.4, 0.5) is 9.59 Å². The van der Waals surface area contributed by atoms with E-state index in [-0.39, 0.29) is 25.2 Å². The van der Waals surface area contributed by atoms with Crippen molar-refractivity contribution in [3.8, 4) is 5.69 Å². The van der Waals surface area contributed by atoms with Crippen LogP contribution in [0.3, 0.4) is 0 Å². The van der Waals surface area contributed by atoms with Crippen molar-refractivity contribution in [3.05, 3.63) is 60.4 Å². The van der Waals surface area contributed by atoms with E-state index in [0.29, 0.717) is 6.42 Å². The van der Waals surface area contributed by atoms with Crippen molar-refractivity contribution in [1.82, 2.24) is 20.2 Å². The Kier molecular flexibility index (Phi) is 6.31. The second kappa shape index (κ2) is 9.07. The van der Waals surface area contributed by atoms with Gasteiger partial charge in [0.25, 0.3) is 0 Å². The number of amides is 2. The van der Waals surface area contributed by atoms with Crippen molar-refractivity contribution in [2.45, 2.75) is 32.2 Å². The summed E-state index contributed by atoms with van der Waals surface area (Å²) in [6.07, 6.45) is 6.87. The largest absolute Gasteiger partial charge is 0.449 e. The van der Waals surface area contributed by atoms with E-state index in [0.717, 1.165) is 11.3 Å². The van der Waals surface area contributed by atoms with Crippen molar-refractivity contribution in [1.29, 1.82) is 0 Å². The van der Waals surface area contributed by atoms with Gasteiger partial charge in [-0.05, 0) is 38.0 Å². The maximum atomic E-state index is 12.5. The van der Waals surface area contributed by atoms with Crippen LogP contribution in [0.25, 0.3) is 5.69 Å². The third-order valence-electron chi connectivity index (χ3n) is 4.47. The number of nitrogens with zero attached hydrogens (tertiary/aromatic N) is 3. The molecule has 2 amide bonds. The van der Waals surface area contributed by atoms with Crippen LogP contribution in [0.1, 0.15) is 31.7 Å². The normalized spacial score (nSPS) is 17.9. The molecule has 8 heteroatoms. The zero-order valence-electron chi connectivity index (χ0n) is 15.9. The Balaban J connectivity index is 1.92. The first-order chi connectivity index (χ1) is 13.7. The first-order valence-corrected chi connectivity index (χ1v) is 9.30. The molecule has 1 heterocycles. The summed E-state index contributed by atoms with van der Waals surface area (Å²) in [7, 11) is 0. The first kappa shape index (κ1) is 19.5. The maximum Gasteiger partial charge on any atom is 0.429 e. The summed E-state index contributed by atoms with van der Waals surface area (Å²) in [5, 5.41) is 5.55. The van der Waals surface area contributed by atoms with Crippen molar-refractivity contribution < 1.29 is 19.1 Å². The molecule has 0 fully saturated rings. The highest BCUT2D eigenvalue weighted by Crippen LogP contribution is 2.35. The van der Waals surface area contributed by atoms with Gasteiger partial charge in [0.1, 0.15) is 0 Å². The van der Waals surface area contributed by atoms with Crippen LogP contribution in [0.2, 0.25) is 0 Å². The number of para-hydroxylation sites is 1. The molecule has 0 saturated carbocycles. The Bertz CT molecular complexity index is 834. The predicted octanol–water partition coefficient (Wildman–Crippen LogP) is 3.40. The number of hydrogen-bond donors (Lipinski definition) is 1. The molecule has 8 nitrogen and oxygen atoms in total. The number of hydrogen-bond acceptors (Lipinski definition) is 5. The summed E-state index contributed by atoms with van der Waals surface area (Å²) in [6, 6.07) is 9.36. The molecule has 148 valence electrons. The van der Waals surface area contributed by atoms with Crippen LogP contribution in [0.15, 0.2) is 54.9 Å². The molecule has 1 N–H and O–H groups in total. The van der Waals surface area contributed by atoms with Gasteiger partial charge in [-0.3, -0.25) is 0 Å². The summed E-state index contributed by atoms with van der Waals surface area (Å²) in [5.41, 5.74) is 4.44. The number of nitrogens with one attached hydrogen (secondary N) is 1. The monoisotopic (exact) mass is 384 g/mol. The molecular weight excluding hydrogens is 360 g/mol. The van der Waals surface area contributed by atoms with E-state index in [4.69, 9.17) is 9.47 Å². The molecule has 0 radical (unpaired) electrons. The van der Waals surface area contributed by atoms with Crippen LogP contribution >= 0.6 is 0 Å². The van der Waals surface area contributed by atoms with E-state index in [1.165, 1.54) is 5.01 Å². The number of ether oxygens (including phenoxy) is 2. The van der Waals surface area contributed by atoms with Gasteiger partial charge in [-0.25, -0.2) is 24.7 Å². The van der Waals surface area contributed by atoms with Gasteiger partial charge in [-0.1, -0.05) is 30.4 Å². The van der Waals surface area contributed by atoms with Crippen molar-refractivity contribution >= 4 is 12.2 Å². The second-order valence-electron chi connectivity index (χ2n) is 6.17. The quantitative estimate of drug-likeness (QED) is 0.631. The predicted molar refractivity (Wildman–Crippen MR) is 103 cm³/mol. The minimum atomic E-state index is -0.693. The minimum absolute atomic E-state index is 0.147. The van der Waals surface area contributed by atoms with Crippen LogP contribution in [-0.4, -0.2) is 46.2 Å². The van der Waals surface area contributed by atoms with Gasteiger partial charge in [0.05, 0.1) is 24.9 Å². The Hall–Kier alpha value is -3.29.